The third-order valence-corrected chi connectivity index (χ3v) is 4.37. The average Bonchev–Trinajstić information content (AvgIpc) is 2.36. The Hall–Kier alpha value is -0.610. The van der Waals surface area contributed by atoms with Gasteiger partial charge in [0, 0.05) is 0 Å². The van der Waals surface area contributed by atoms with Crippen molar-refractivity contribution in [2.24, 2.45) is 11.7 Å². The van der Waals surface area contributed by atoms with Gasteiger partial charge in [-0.05, 0) is 71.6 Å². The molecule has 1 amide bonds. The molecule has 1 unspecified atom stereocenters. The van der Waals surface area contributed by atoms with Gasteiger partial charge in [-0.25, -0.2) is 0 Å². The van der Waals surface area contributed by atoms with E-state index in [9.17, 15) is 4.79 Å². The first-order valence-electron chi connectivity index (χ1n) is 7.19. The number of carbonyl (C=O) groups is 1. The molecule has 1 fully saturated rings. The van der Waals surface area contributed by atoms with E-state index in [1.165, 1.54) is 25.9 Å². The molecule has 1 aliphatic heterocycles. The van der Waals surface area contributed by atoms with Crippen molar-refractivity contribution in [3.05, 3.63) is 0 Å². The van der Waals surface area contributed by atoms with Gasteiger partial charge in [0.25, 0.3) is 0 Å². The third kappa shape index (κ3) is 4.58. The molecule has 4 nitrogen and oxygen atoms in total. The van der Waals surface area contributed by atoms with Crippen LogP contribution in [0, 0.1) is 5.92 Å². The molecule has 3 N–H and O–H groups in total. The van der Waals surface area contributed by atoms with E-state index in [4.69, 9.17) is 5.73 Å². The van der Waals surface area contributed by atoms with Gasteiger partial charge in [-0.3, -0.25) is 4.79 Å². The Balaban J connectivity index is 2.16. The Labute approximate surface area is 111 Å². The lowest BCUT2D eigenvalue weighted by Crippen LogP contribution is -2.51. The number of amides is 1. The zero-order chi connectivity index (χ0) is 13.6. The summed E-state index contributed by atoms with van der Waals surface area (Å²) < 4.78 is 0. The first-order chi connectivity index (χ1) is 8.48. The predicted octanol–water partition coefficient (Wildman–Crippen LogP) is 1.35. The predicted molar refractivity (Wildman–Crippen MR) is 75.3 cm³/mol. The quantitative estimate of drug-likeness (QED) is 0.675. The minimum Gasteiger partial charge on any atom is -0.368 e. The summed E-state index contributed by atoms with van der Waals surface area (Å²) in [5.74, 6) is 0.639. The molecule has 1 heterocycles. The Morgan fingerprint density at radius 3 is 2.50 bits per heavy atom. The SMILES string of the molecule is CNC(C)(CCCCN1CCC(C)CC1)C(N)=O. The Morgan fingerprint density at radius 1 is 1.39 bits per heavy atom. The fourth-order valence-electron chi connectivity index (χ4n) is 2.47. The lowest BCUT2D eigenvalue weighted by Gasteiger charge is -2.30. The van der Waals surface area contributed by atoms with Crippen LogP contribution in [-0.4, -0.2) is 43.0 Å². The maximum atomic E-state index is 11.3. The molecule has 18 heavy (non-hydrogen) atoms. The van der Waals surface area contributed by atoms with Crippen LogP contribution in [0.1, 0.15) is 46.0 Å². The van der Waals surface area contributed by atoms with E-state index in [0.717, 1.165) is 31.7 Å². The molecule has 0 aliphatic carbocycles. The fraction of sp³-hybridized carbons (Fsp3) is 0.929. The van der Waals surface area contributed by atoms with Gasteiger partial charge in [0.2, 0.25) is 5.91 Å². The highest BCUT2D eigenvalue weighted by atomic mass is 16.1. The van der Waals surface area contributed by atoms with Crippen molar-refractivity contribution in [1.29, 1.82) is 0 Å². The molecule has 0 saturated carbocycles. The molecular weight excluding hydrogens is 226 g/mol. The maximum absolute atomic E-state index is 11.3. The Morgan fingerprint density at radius 2 is 2.00 bits per heavy atom. The number of nitrogens with one attached hydrogen (secondary N) is 1. The highest BCUT2D eigenvalue weighted by Crippen LogP contribution is 2.17. The average molecular weight is 255 g/mol. The molecule has 0 aromatic rings. The zero-order valence-corrected chi connectivity index (χ0v) is 12.2. The molecule has 4 heteroatoms. The smallest absolute Gasteiger partial charge is 0.237 e. The summed E-state index contributed by atoms with van der Waals surface area (Å²) in [4.78, 5) is 13.9. The monoisotopic (exact) mass is 255 g/mol. The minimum absolute atomic E-state index is 0.253. The number of likely N-dealkylation sites (tertiary alicyclic amines) is 1. The van der Waals surface area contributed by atoms with Crippen molar-refractivity contribution in [1.82, 2.24) is 10.2 Å². The standard InChI is InChI=1S/C14H29N3O/c1-12-6-10-17(11-7-12)9-5-4-8-14(2,16-3)13(15)18/h12,16H,4-11H2,1-3H3,(H2,15,18). The second-order valence-corrected chi connectivity index (χ2v) is 5.93. The zero-order valence-electron chi connectivity index (χ0n) is 12.2. The van der Waals surface area contributed by atoms with Gasteiger partial charge >= 0.3 is 0 Å². The lowest BCUT2D eigenvalue weighted by atomic mass is 9.94. The van der Waals surface area contributed by atoms with Crippen LogP contribution in [0.15, 0.2) is 0 Å². The van der Waals surface area contributed by atoms with Gasteiger partial charge < -0.3 is 16.0 Å². The third-order valence-electron chi connectivity index (χ3n) is 4.37. The largest absolute Gasteiger partial charge is 0.368 e. The van der Waals surface area contributed by atoms with E-state index in [2.05, 4.69) is 17.1 Å². The molecule has 1 aliphatic rings. The number of piperidine rings is 1. The number of nitrogens with zero attached hydrogens (tertiary/aromatic N) is 1. The van der Waals surface area contributed by atoms with Crippen molar-refractivity contribution in [3.63, 3.8) is 0 Å². The summed E-state index contributed by atoms with van der Waals surface area (Å²) in [5, 5.41) is 3.03. The number of hydrogen-bond donors (Lipinski definition) is 2. The van der Waals surface area contributed by atoms with Crippen LogP contribution in [0.2, 0.25) is 0 Å². The summed E-state index contributed by atoms with van der Waals surface area (Å²) in [6, 6.07) is 0. The van der Waals surface area contributed by atoms with E-state index in [1.54, 1.807) is 7.05 Å². The number of unbranched alkanes of at least 4 members (excludes halogenated alkanes) is 1. The first-order valence-corrected chi connectivity index (χ1v) is 7.19. The van der Waals surface area contributed by atoms with Gasteiger partial charge in [0.05, 0.1) is 5.54 Å². The van der Waals surface area contributed by atoms with Crippen molar-refractivity contribution < 1.29 is 4.79 Å². The van der Waals surface area contributed by atoms with Gasteiger partial charge in [-0.1, -0.05) is 6.92 Å². The van der Waals surface area contributed by atoms with E-state index >= 15 is 0 Å². The highest BCUT2D eigenvalue weighted by Gasteiger charge is 2.28. The van der Waals surface area contributed by atoms with E-state index in [0.29, 0.717) is 0 Å². The van der Waals surface area contributed by atoms with Gasteiger partial charge in [0.15, 0.2) is 0 Å². The number of nitrogens with two attached hydrogens (primary N) is 1. The lowest BCUT2D eigenvalue weighted by molar-refractivity contribution is -0.123. The second kappa shape index (κ2) is 7.10. The van der Waals surface area contributed by atoms with Crippen LogP contribution in [0.25, 0.3) is 0 Å². The van der Waals surface area contributed by atoms with E-state index in [1.807, 2.05) is 6.92 Å². The maximum Gasteiger partial charge on any atom is 0.237 e. The van der Waals surface area contributed by atoms with Crippen molar-refractivity contribution in [3.8, 4) is 0 Å². The molecule has 1 rings (SSSR count). The van der Waals surface area contributed by atoms with Crippen LogP contribution >= 0.6 is 0 Å². The van der Waals surface area contributed by atoms with Crippen LogP contribution in [0.5, 0.6) is 0 Å². The topological polar surface area (TPSA) is 58.4 Å². The molecule has 0 bridgehead atoms. The van der Waals surface area contributed by atoms with Crippen LogP contribution < -0.4 is 11.1 Å². The van der Waals surface area contributed by atoms with Crippen molar-refractivity contribution in [2.45, 2.75) is 51.5 Å². The van der Waals surface area contributed by atoms with Crippen LogP contribution in [0.3, 0.4) is 0 Å². The van der Waals surface area contributed by atoms with Crippen LogP contribution in [-0.2, 0) is 4.79 Å². The minimum atomic E-state index is -0.545. The van der Waals surface area contributed by atoms with Crippen LogP contribution in [0.4, 0.5) is 0 Å². The first kappa shape index (κ1) is 15.4. The molecule has 106 valence electrons. The summed E-state index contributed by atoms with van der Waals surface area (Å²) in [7, 11) is 1.80. The number of likely N-dealkylation sites (N-methyl/N-ethyl adjacent to an activating group) is 1. The van der Waals surface area contributed by atoms with Gasteiger partial charge in [-0.2, -0.15) is 0 Å². The molecule has 1 saturated heterocycles. The molecule has 0 aromatic carbocycles. The summed E-state index contributed by atoms with van der Waals surface area (Å²) >= 11 is 0. The van der Waals surface area contributed by atoms with Crippen molar-refractivity contribution in [2.75, 3.05) is 26.7 Å². The molecule has 0 aromatic heterocycles. The molecule has 1 atom stereocenters. The molecule has 0 radical (unpaired) electrons. The van der Waals surface area contributed by atoms with E-state index < -0.39 is 5.54 Å². The van der Waals surface area contributed by atoms with Gasteiger partial charge in [-0.15, -0.1) is 0 Å². The number of primary amides is 1. The molecule has 0 spiro atoms. The Kier molecular flexibility index (Phi) is 6.09. The highest BCUT2D eigenvalue weighted by molar-refractivity contribution is 5.84. The van der Waals surface area contributed by atoms with Crippen molar-refractivity contribution >= 4 is 5.91 Å². The molecular formula is C14H29N3O. The number of carbonyl (C=O) groups excluding carboxylic acids is 1. The van der Waals surface area contributed by atoms with E-state index in [-0.39, 0.29) is 5.91 Å². The summed E-state index contributed by atoms with van der Waals surface area (Å²) in [6.07, 6.45) is 5.68. The fourth-order valence-corrected chi connectivity index (χ4v) is 2.47. The summed E-state index contributed by atoms with van der Waals surface area (Å²) in [5.41, 5.74) is 4.86. The normalized spacial score (nSPS) is 21.7. The number of hydrogen-bond acceptors (Lipinski definition) is 3. The number of rotatable bonds is 7. The summed E-state index contributed by atoms with van der Waals surface area (Å²) in [6.45, 7) is 7.85. The van der Waals surface area contributed by atoms with Gasteiger partial charge in [0.1, 0.15) is 0 Å². The Bertz CT molecular complexity index is 262. The second-order valence-electron chi connectivity index (χ2n) is 5.93.